The van der Waals surface area contributed by atoms with Crippen molar-refractivity contribution in [3.05, 3.63) is 9.98 Å². The molecular weight excluding hydrogens is 252 g/mol. The predicted octanol–water partition coefficient (Wildman–Crippen LogP) is 1.87. The lowest BCUT2D eigenvalue weighted by Crippen LogP contribution is -2.29. The van der Waals surface area contributed by atoms with Gasteiger partial charge in [0.15, 0.2) is 5.13 Å². The minimum absolute atomic E-state index is 0.544. The topological polar surface area (TPSA) is 36.4 Å². The molecule has 2 heterocycles. The lowest BCUT2D eigenvalue weighted by atomic mass is 10.1. The number of aromatic nitrogens is 1. The van der Waals surface area contributed by atoms with Crippen LogP contribution in [-0.4, -0.2) is 28.8 Å². The third kappa shape index (κ3) is 2.03. The monoisotopic (exact) mass is 262 g/mol. The van der Waals surface area contributed by atoms with Gasteiger partial charge in [-0.25, -0.2) is 4.98 Å². The fourth-order valence-electron chi connectivity index (χ4n) is 1.50. The van der Waals surface area contributed by atoms with Gasteiger partial charge in [0.1, 0.15) is 4.60 Å². The normalized spacial score (nSPS) is 28.4. The first-order valence-corrected chi connectivity index (χ1v) is 5.82. The van der Waals surface area contributed by atoms with Crippen molar-refractivity contribution in [1.82, 2.24) is 4.98 Å². The number of hydrogen-bond acceptors (Lipinski definition) is 4. The highest BCUT2D eigenvalue weighted by molar-refractivity contribution is 9.10. The second-order valence-electron chi connectivity index (χ2n) is 3.62. The Balaban J connectivity index is 2.12. The second-order valence-corrected chi connectivity index (χ2v) is 5.27. The first-order chi connectivity index (χ1) is 6.07. The first-order valence-electron chi connectivity index (χ1n) is 4.15. The molecule has 1 N–H and O–H groups in total. The summed E-state index contributed by atoms with van der Waals surface area (Å²) in [7, 11) is 0. The zero-order valence-electron chi connectivity index (χ0n) is 7.33. The van der Waals surface area contributed by atoms with Crippen molar-refractivity contribution in [2.45, 2.75) is 18.9 Å². The van der Waals surface area contributed by atoms with Crippen molar-refractivity contribution < 1.29 is 5.11 Å². The smallest absolute Gasteiger partial charge is 0.186 e. The molecule has 13 heavy (non-hydrogen) atoms. The van der Waals surface area contributed by atoms with E-state index in [2.05, 4.69) is 25.8 Å². The minimum Gasteiger partial charge on any atom is -0.388 e. The molecule has 0 aromatic carbocycles. The van der Waals surface area contributed by atoms with Crippen LogP contribution in [0.25, 0.3) is 0 Å². The Morgan fingerprint density at radius 2 is 2.54 bits per heavy atom. The van der Waals surface area contributed by atoms with Crippen LogP contribution in [-0.2, 0) is 0 Å². The number of hydrogen-bond donors (Lipinski definition) is 1. The SMILES string of the molecule is CC1(O)CCN(c2nc(Br)cs2)C1. The van der Waals surface area contributed by atoms with Gasteiger partial charge >= 0.3 is 0 Å². The molecule has 1 fully saturated rings. The molecule has 0 amide bonds. The number of halogens is 1. The maximum Gasteiger partial charge on any atom is 0.186 e. The average Bonchev–Trinajstić information content (AvgIpc) is 2.56. The van der Waals surface area contributed by atoms with Crippen LogP contribution in [0.2, 0.25) is 0 Å². The third-order valence-corrected chi connectivity index (χ3v) is 3.80. The van der Waals surface area contributed by atoms with E-state index >= 15 is 0 Å². The molecule has 5 heteroatoms. The molecule has 1 saturated heterocycles. The number of aliphatic hydroxyl groups is 1. The van der Waals surface area contributed by atoms with Crippen LogP contribution in [0.4, 0.5) is 5.13 Å². The zero-order chi connectivity index (χ0) is 9.47. The second kappa shape index (κ2) is 3.22. The van der Waals surface area contributed by atoms with Crippen molar-refractivity contribution in [2.75, 3.05) is 18.0 Å². The molecule has 0 radical (unpaired) electrons. The Morgan fingerprint density at radius 3 is 3.00 bits per heavy atom. The molecule has 0 aliphatic carbocycles. The summed E-state index contributed by atoms with van der Waals surface area (Å²) in [5.74, 6) is 0. The predicted molar refractivity (Wildman–Crippen MR) is 57.3 cm³/mol. The van der Waals surface area contributed by atoms with Crippen LogP contribution < -0.4 is 4.90 Å². The molecular formula is C8H11BrN2OS. The zero-order valence-corrected chi connectivity index (χ0v) is 9.73. The van der Waals surface area contributed by atoms with Crippen LogP contribution in [0.1, 0.15) is 13.3 Å². The number of β-amino-alcohol motifs (C(OH)–C–C–N with tert-alkyl or cyclic N) is 1. The van der Waals surface area contributed by atoms with Crippen molar-refractivity contribution in [3.8, 4) is 0 Å². The van der Waals surface area contributed by atoms with E-state index in [1.807, 2.05) is 12.3 Å². The van der Waals surface area contributed by atoms with Gasteiger partial charge < -0.3 is 10.0 Å². The third-order valence-electron chi connectivity index (χ3n) is 2.19. The molecule has 1 aromatic rings. The molecule has 2 rings (SSSR count). The summed E-state index contributed by atoms with van der Waals surface area (Å²) in [6.45, 7) is 3.45. The number of rotatable bonds is 1. The van der Waals surface area contributed by atoms with Gasteiger partial charge in [-0.2, -0.15) is 0 Å². The lowest BCUT2D eigenvalue weighted by Gasteiger charge is -2.17. The van der Waals surface area contributed by atoms with Gasteiger partial charge in [-0.1, -0.05) is 0 Å². The Kier molecular flexibility index (Phi) is 2.33. The molecule has 0 bridgehead atoms. The van der Waals surface area contributed by atoms with E-state index in [0.29, 0.717) is 6.54 Å². The molecule has 1 aliphatic rings. The van der Waals surface area contributed by atoms with Crippen LogP contribution in [0.5, 0.6) is 0 Å². The summed E-state index contributed by atoms with van der Waals surface area (Å²) in [6.07, 6.45) is 0.824. The van der Waals surface area contributed by atoms with E-state index in [-0.39, 0.29) is 0 Å². The van der Waals surface area contributed by atoms with Gasteiger partial charge in [0, 0.05) is 18.5 Å². The van der Waals surface area contributed by atoms with Crippen molar-refractivity contribution in [2.24, 2.45) is 0 Å². The van der Waals surface area contributed by atoms with Gasteiger partial charge in [0.2, 0.25) is 0 Å². The number of thiazole rings is 1. The van der Waals surface area contributed by atoms with Crippen molar-refractivity contribution >= 4 is 32.4 Å². The lowest BCUT2D eigenvalue weighted by molar-refractivity contribution is 0.0839. The summed E-state index contributed by atoms with van der Waals surface area (Å²) in [5.41, 5.74) is -0.544. The Labute approximate surface area is 89.5 Å². The van der Waals surface area contributed by atoms with Crippen LogP contribution >= 0.6 is 27.3 Å². The van der Waals surface area contributed by atoms with Crippen molar-refractivity contribution in [3.63, 3.8) is 0 Å². The maximum atomic E-state index is 9.76. The molecule has 3 nitrogen and oxygen atoms in total. The van der Waals surface area contributed by atoms with Gasteiger partial charge in [0.05, 0.1) is 5.60 Å². The van der Waals surface area contributed by atoms with Crippen LogP contribution in [0.3, 0.4) is 0 Å². The molecule has 1 aromatic heterocycles. The molecule has 0 spiro atoms. The van der Waals surface area contributed by atoms with Crippen LogP contribution in [0, 0.1) is 0 Å². The van der Waals surface area contributed by atoms with Crippen LogP contribution in [0.15, 0.2) is 9.98 Å². The summed E-state index contributed by atoms with van der Waals surface area (Å²) >= 11 is 4.92. The quantitative estimate of drug-likeness (QED) is 0.840. The largest absolute Gasteiger partial charge is 0.388 e. The van der Waals surface area contributed by atoms with Gasteiger partial charge in [-0.15, -0.1) is 11.3 Å². The first kappa shape index (κ1) is 9.43. The number of anilines is 1. The fourth-order valence-corrected chi connectivity index (χ4v) is 2.78. The number of nitrogens with zero attached hydrogens (tertiary/aromatic N) is 2. The van der Waals surface area contributed by atoms with Gasteiger partial charge in [-0.3, -0.25) is 0 Å². The van der Waals surface area contributed by atoms with E-state index in [9.17, 15) is 5.11 Å². The standard InChI is InChI=1S/C8H11BrN2OS/c1-8(12)2-3-11(5-8)7-10-6(9)4-13-7/h4,12H,2-3,5H2,1H3. The van der Waals surface area contributed by atoms with E-state index in [1.54, 1.807) is 11.3 Å². The highest BCUT2D eigenvalue weighted by Gasteiger charge is 2.32. The van der Waals surface area contributed by atoms with E-state index in [1.165, 1.54) is 0 Å². The molecule has 1 atom stereocenters. The highest BCUT2D eigenvalue weighted by atomic mass is 79.9. The summed E-state index contributed by atoms with van der Waals surface area (Å²) in [6, 6.07) is 0. The molecule has 1 unspecified atom stereocenters. The van der Waals surface area contributed by atoms with Crippen molar-refractivity contribution in [1.29, 1.82) is 0 Å². The minimum atomic E-state index is -0.544. The summed E-state index contributed by atoms with van der Waals surface area (Å²) in [4.78, 5) is 6.43. The van der Waals surface area contributed by atoms with E-state index < -0.39 is 5.60 Å². The summed E-state index contributed by atoms with van der Waals surface area (Å²) in [5, 5.41) is 12.7. The Hall–Kier alpha value is -0.130. The van der Waals surface area contributed by atoms with E-state index in [4.69, 9.17) is 0 Å². The van der Waals surface area contributed by atoms with E-state index in [0.717, 1.165) is 22.7 Å². The maximum absolute atomic E-state index is 9.76. The fraction of sp³-hybridized carbons (Fsp3) is 0.625. The molecule has 72 valence electrons. The average molecular weight is 263 g/mol. The highest BCUT2D eigenvalue weighted by Crippen LogP contribution is 2.29. The van der Waals surface area contributed by atoms with Gasteiger partial charge in [-0.05, 0) is 29.3 Å². The molecule has 0 saturated carbocycles. The Bertz CT molecular complexity index is 313. The summed E-state index contributed by atoms with van der Waals surface area (Å²) < 4.78 is 0.874. The van der Waals surface area contributed by atoms with Gasteiger partial charge in [0.25, 0.3) is 0 Å². The molecule has 1 aliphatic heterocycles. The Morgan fingerprint density at radius 1 is 1.77 bits per heavy atom.